The van der Waals surface area contributed by atoms with Gasteiger partial charge in [-0.05, 0) is 22.4 Å². The van der Waals surface area contributed by atoms with Gasteiger partial charge in [-0.2, -0.15) is 11.3 Å². The van der Waals surface area contributed by atoms with E-state index in [2.05, 4.69) is 0 Å². The first-order valence-corrected chi connectivity index (χ1v) is 7.11. The maximum Gasteiger partial charge on any atom is 0.307 e. The van der Waals surface area contributed by atoms with Crippen LogP contribution in [0.3, 0.4) is 0 Å². The van der Waals surface area contributed by atoms with Crippen molar-refractivity contribution in [1.29, 1.82) is 0 Å². The van der Waals surface area contributed by atoms with Crippen LogP contribution in [0.4, 0.5) is 0 Å². The fourth-order valence-corrected chi connectivity index (χ4v) is 3.62. The summed E-state index contributed by atoms with van der Waals surface area (Å²) in [5.74, 6) is -2.32. The molecule has 0 amide bonds. The smallest absolute Gasteiger partial charge is 0.307 e. The second kappa shape index (κ2) is 4.76. The average molecular weight is 248 g/mol. The lowest BCUT2D eigenvalue weighted by Gasteiger charge is -2.06. The van der Waals surface area contributed by atoms with E-state index in [1.54, 1.807) is 16.8 Å². The summed E-state index contributed by atoms with van der Waals surface area (Å²) in [5.41, 5.74) is 0.720. The van der Waals surface area contributed by atoms with Gasteiger partial charge in [0.2, 0.25) is 0 Å². The predicted octanol–water partition coefficient (Wildman–Crippen LogP) is 1.38. The van der Waals surface area contributed by atoms with Gasteiger partial charge in [-0.25, -0.2) is 8.42 Å². The van der Waals surface area contributed by atoms with Gasteiger partial charge in [-0.3, -0.25) is 4.79 Å². The molecule has 0 saturated heterocycles. The van der Waals surface area contributed by atoms with Crippen LogP contribution in [0.25, 0.3) is 0 Å². The van der Waals surface area contributed by atoms with Crippen molar-refractivity contribution >= 4 is 27.1 Å². The number of thiophene rings is 1. The van der Waals surface area contributed by atoms with E-state index in [0.29, 0.717) is 0 Å². The Morgan fingerprint density at radius 3 is 2.73 bits per heavy atom. The molecule has 0 aliphatic carbocycles. The van der Waals surface area contributed by atoms with Gasteiger partial charge < -0.3 is 5.11 Å². The molecule has 4 nitrogen and oxygen atoms in total. The Morgan fingerprint density at radius 2 is 2.27 bits per heavy atom. The highest BCUT2D eigenvalue weighted by Gasteiger charge is 2.21. The molecule has 15 heavy (non-hydrogen) atoms. The van der Waals surface area contributed by atoms with Gasteiger partial charge in [-0.1, -0.05) is 6.92 Å². The third-order valence-corrected chi connectivity index (χ3v) is 4.41. The standard InChI is InChI=1S/C9H12O4S2/c1-7(9(10)11)5-15(12,13)6-8-2-3-14-4-8/h2-4,7H,5-6H2,1H3,(H,10,11). The molecule has 1 atom stereocenters. The molecule has 0 aliphatic rings. The van der Waals surface area contributed by atoms with E-state index in [4.69, 9.17) is 5.11 Å². The van der Waals surface area contributed by atoms with Crippen LogP contribution < -0.4 is 0 Å². The maximum absolute atomic E-state index is 11.6. The molecular formula is C9H12O4S2. The van der Waals surface area contributed by atoms with Crippen molar-refractivity contribution in [3.05, 3.63) is 22.4 Å². The van der Waals surface area contributed by atoms with Crippen LogP contribution >= 0.6 is 11.3 Å². The van der Waals surface area contributed by atoms with E-state index in [-0.39, 0.29) is 11.5 Å². The van der Waals surface area contributed by atoms with E-state index in [9.17, 15) is 13.2 Å². The third-order valence-electron chi connectivity index (χ3n) is 1.89. The lowest BCUT2D eigenvalue weighted by atomic mass is 10.2. The molecule has 0 radical (unpaired) electrons. The number of carboxylic acid groups (broad SMARTS) is 1. The summed E-state index contributed by atoms with van der Waals surface area (Å²) >= 11 is 1.42. The molecule has 1 heterocycles. The van der Waals surface area contributed by atoms with E-state index in [1.165, 1.54) is 18.3 Å². The summed E-state index contributed by atoms with van der Waals surface area (Å²) in [5, 5.41) is 12.2. The first kappa shape index (κ1) is 12.2. The van der Waals surface area contributed by atoms with Crippen LogP contribution in [0.1, 0.15) is 12.5 Å². The zero-order chi connectivity index (χ0) is 11.5. The van der Waals surface area contributed by atoms with Gasteiger partial charge in [0, 0.05) is 0 Å². The third kappa shape index (κ3) is 4.01. The van der Waals surface area contributed by atoms with Crippen molar-refractivity contribution in [2.45, 2.75) is 12.7 Å². The van der Waals surface area contributed by atoms with Crippen LogP contribution in [-0.4, -0.2) is 25.2 Å². The van der Waals surface area contributed by atoms with E-state index >= 15 is 0 Å². The summed E-state index contributed by atoms with van der Waals surface area (Å²) in [7, 11) is -3.32. The molecular weight excluding hydrogens is 236 g/mol. The molecule has 0 saturated carbocycles. The Hall–Kier alpha value is -0.880. The largest absolute Gasteiger partial charge is 0.481 e. The highest BCUT2D eigenvalue weighted by Crippen LogP contribution is 2.13. The van der Waals surface area contributed by atoms with Gasteiger partial charge in [0.1, 0.15) is 0 Å². The summed E-state index contributed by atoms with van der Waals surface area (Å²) in [4.78, 5) is 10.5. The number of aliphatic carboxylic acids is 1. The van der Waals surface area contributed by atoms with Crippen molar-refractivity contribution in [3.63, 3.8) is 0 Å². The van der Waals surface area contributed by atoms with Gasteiger partial charge in [0.15, 0.2) is 9.84 Å². The average Bonchev–Trinajstić information content (AvgIpc) is 2.54. The Morgan fingerprint density at radius 1 is 1.60 bits per heavy atom. The molecule has 1 aromatic heterocycles. The summed E-state index contributed by atoms with van der Waals surface area (Å²) in [6, 6.07) is 1.73. The minimum Gasteiger partial charge on any atom is -0.481 e. The predicted molar refractivity (Wildman–Crippen MR) is 58.6 cm³/mol. The number of carbonyl (C=O) groups is 1. The minimum atomic E-state index is -3.32. The molecule has 1 N–H and O–H groups in total. The lowest BCUT2D eigenvalue weighted by molar-refractivity contribution is -0.140. The molecule has 1 aromatic rings. The SMILES string of the molecule is CC(CS(=O)(=O)Cc1ccsc1)C(=O)O. The van der Waals surface area contributed by atoms with Crippen molar-refractivity contribution in [1.82, 2.24) is 0 Å². The van der Waals surface area contributed by atoms with Crippen molar-refractivity contribution in [2.75, 3.05) is 5.75 Å². The van der Waals surface area contributed by atoms with E-state index < -0.39 is 21.7 Å². The molecule has 0 bridgehead atoms. The second-order valence-electron chi connectivity index (χ2n) is 3.43. The molecule has 0 aliphatic heterocycles. The molecule has 1 rings (SSSR count). The summed E-state index contributed by atoms with van der Waals surface area (Å²) in [6.07, 6.45) is 0. The Labute approximate surface area is 92.5 Å². The fourth-order valence-electron chi connectivity index (χ4n) is 1.14. The zero-order valence-corrected chi connectivity index (χ0v) is 9.85. The monoisotopic (exact) mass is 248 g/mol. The first-order valence-electron chi connectivity index (χ1n) is 4.35. The number of rotatable bonds is 5. The topological polar surface area (TPSA) is 71.4 Å². The molecule has 0 fully saturated rings. The first-order chi connectivity index (χ1) is 6.91. The number of sulfone groups is 1. The highest BCUT2D eigenvalue weighted by molar-refractivity contribution is 7.90. The quantitative estimate of drug-likeness (QED) is 0.854. The Balaban J connectivity index is 2.64. The highest BCUT2D eigenvalue weighted by atomic mass is 32.2. The lowest BCUT2D eigenvalue weighted by Crippen LogP contribution is -2.21. The maximum atomic E-state index is 11.6. The van der Waals surface area contributed by atoms with Crippen molar-refractivity contribution < 1.29 is 18.3 Å². The Bertz CT molecular complexity index is 419. The van der Waals surface area contributed by atoms with Gasteiger partial charge in [0.25, 0.3) is 0 Å². The van der Waals surface area contributed by atoms with Crippen LogP contribution in [-0.2, 0) is 20.4 Å². The Kier molecular flexibility index (Phi) is 3.87. The minimum absolute atomic E-state index is 0.0753. The van der Waals surface area contributed by atoms with Crippen molar-refractivity contribution in [3.8, 4) is 0 Å². The molecule has 1 unspecified atom stereocenters. The molecule has 84 valence electrons. The zero-order valence-electron chi connectivity index (χ0n) is 8.21. The number of hydrogen-bond donors (Lipinski definition) is 1. The second-order valence-corrected chi connectivity index (χ2v) is 6.31. The van der Waals surface area contributed by atoms with Crippen LogP contribution in [0.5, 0.6) is 0 Å². The number of hydrogen-bond acceptors (Lipinski definition) is 4. The fraction of sp³-hybridized carbons (Fsp3) is 0.444. The van der Waals surface area contributed by atoms with E-state index in [0.717, 1.165) is 5.56 Å². The summed E-state index contributed by atoms with van der Waals surface area (Å²) in [6.45, 7) is 1.40. The van der Waals surface area contributed by atoms with Crippen LogP contribution in [0.2, 0.25) is 0 Å². The van der Waals surface area contributed by atoms with Gasteiger partial charge in [-0.15, -0.1) is 0 Å². The van der Waals surface area contributed by atoms with Crippen LogP contribution in [0.15, 0.2) is 16.8 Å². The molecule has 0 aromatic carbocycles. The molecule has 0 spiro atoms. The normalized spacial score (nSPS) is 13.7. The van der Waals surface area contributed by atoms with Crippen LogP contribution in [0, 0.1) is 5.92 Å². The molecule has 6 heteroatoms. The summed E-state index contributed by atoms with van der Waals surface area (Å²) < 4.78 is 23.1. The number of carboxylic acids is 1. The van der Waals surface area contributed by atoms with Crippen molar-refractivity contribution in [2.24, 2.45) is 5.92 Å². The van der Waals surface area contributed by atoms with Gasteiger partial charge >= 0.3 is 5.97 Å². The van der Waals surface area contributed by atoms with Gasteiger partial charge in [0.05, 0.1) is 17.4 Å². The van der Waals surface area contributed by atoms with E-state index in [1.807, 2.05) is 0 Å².